The predicted molar refractivity (Wildman–Crippen MR) is 74.7 cm³/mol. The average molecular weight is 277 g/mol. The number of rotatable bonds is 4. The third kappa shape index (κ3) is 3.14. The lowest BCUT2D eigenvalue weighted by Crippen LogP contribution is -2.20. The Morgan fingerprint density at radius 1 is 1.10 bits per heavy atom. The van der Waals surface area contributed by atoms with Gasteiger partial charge in [0.15, 0.2) is 17.4 Å². The van der Waals surface area contributed by atoms with E-state index >= 15 is 0 Å². The van der Waals surface area contributed by atoms with Crippen LogP contribution in [0, 0.1) is 25.5 Å². The van der Waals surface area contributed by atoms with E-state index in [-0.39, 0.29) is 12.4 Å². The monoisotopic (exact) mass is 277 g/mol. The van der Waals surface area contributed by atoms with Crippen molar-refractivity contribution in [1.82, 2.24) is 0 Å². The molecule has 0 aliphatic rings. The van der Waals surface area contributed by atoms with Crippen LogP contribution in [0.15, 0.2) is 36.4 Å². The maximum absolute atomic E-state index is 13.4. The van der Waals surface area contributed by atoms with Crippen LogP contribution in [0.1, 0.15) is 22.7 Å². The fourth-order valence-electron chi connectivity index (χ4n) is 2.04. The van der Waals surface area contributed by atoms with E-state index in [0.29, 0.717) is 0 Å². The average Bonchev–Trinajstić information content (AvgIpc) is 2.40. The van der Waals surface area contributed by atoms with Crippen LogP contribution in [0.3, 0.4) is 0 Å². The molecular formula is C16H17F2NO. The second-order valence-electron chi connectivity index (χ2n) is 4.83. The van der Waals surface area contributed by atoms with Crippen molar-refractivity contribution in [2.45, 2.75) is 19.9 Å². The molecule has 106 valence electrons. The minimum atomic E-state index is -0.724. The van der Waals surface area contributed by atoms with Gasteiger partial charge in [-0.15, -0.1) is 0 Å². The summed E-state index contributed by atoms with van der Waals surface area (Å²) in [5.74, 6) is -1.83. The fourth-order valence-corrected chi connectivity index (χ4v) is 2.04. The number of benzene rings is 2. The van der Waals surface area contributed by atoms with E-state index in [0.717, 1.165) is 28.8 Å². The maximum atomic E-state index is 13.4. The number of halogens is 2. The van der Waals surface area contributed by atoms with Gasteiger partial charge < -0.3 is 10.5 Å². The molecule has 0 fully saturated rings. The van der Waals surface area contributed by atoms with Crippen molar-refractivity contribution >= 4 is 0 Å². The summed E-state index contributed by atoms with van der Waals surface area (Å²) < 4.78 is 32.1. The number of hydrogen-bond donors (Lipinski definition) is 1. The van der Waals surface area contributed by atoms with Crippen LogP contribution in [-0.2, 0) is 0 Å². The molecule has 2 aromatic carbocycles. The molecule has 0 heterocycles. The van der Waals surface area contributed by atoms with Crippen LogP contribution >= 0.6 is 0 Å². The molecule has 0 aliphatic heterocycles. The van der Waals surface area contributed by atoms with Crippen molar-refractivity contribution in [3.63, 3.8) is 0 Å². The third-order valence-corrected chi connectivity index (χ3v) is 3.16. The highest BCUT2D eigenvalue weighted by atomic mass is 19.1. The number of para-hydroxylation sites is 1. The molecule has 0 spiro atoms. The van der Waals surface area contributed by atoms with Crippen LogP contribution < -0.4 is 10.5 Å². The normalized spacial score (nSPS) is 12.2. The summed E-state index contributed by atoms with van der Waals surface area (Å²) in [6.45, 7) is 3.92. The quantitative estimate of drug-likeness (QED) is 0.925. The van der Waals surface area contributed by atoms with E-state index < -0.39 is 17.7 Å². The van der Waals surface area contributed by atoms with Crippen LogP contribution in [0.4, 0.5) is 8.78 Å². The molecule has 0 amide bonds. The van der Waals surface area contributed by atoms with E-state index in [4.69, 9.17) is 10.5 Å². The molecule has 20 heavy (non-hydrogen) atoms. The Bertz CT molecular complexity index is 593. The molecule has 2 N–H and O–H groups in total. The number of ether oxygens (including phenoxy) is 1. The molecule has 2 aromatic rings. The first kappa shape index (κ1) is 14.5. The molecule has 0 bridgehead atoms. The first-order valence-corrected chi connectivity index (χ1v) is 6.38. The van der Waals surface area contributed by atoms with E-state index in [1.807, 2.05) is 32.0 Å². The smallest absolute Gasteiger partial charge is 0.190 e. The molecular weight excluding hydrogens is 260 g/mol. The summed E-state index contributed by atoms with van der Waals surface area (Å²) in [7, 11) is 0. The molecule has 0 saturated heterocycles. The van der Waals surface area contributed by atoms with Gasteiger partial charge in [0.1, 0.15) is 6.61 Å². The minimum Gasteiger partial charge on any atom is -0.486 e. The highest BCUT2D eigenvalue weighted by Crippen LogP contribution is 2.23. The highest BCUT2D eigenvalue weighted by Gasteiger charge is 2.14. The maximum Gasteiger partial charge on any atom is 0.190 e. The van der Waals surface area contributed by atoms with Gasteiger partial charge in [-0.2, -0.15) is 0 Å². The van der Waals surface area contributed by atoms with Gasteiger partial charge in [0.2, 0.25) is 0 Å². The molecule has 0 radical (unpaired) electrons. The Morgan fingerprint density at radius 3 is 2.40 bits per heavy atom. The standard InChI is InChI=1S/C16H17F2NO/c1-10-6-7-11(2)12(8-10)15(19)9-20-16-13(17)4-3-5-14(16)18/h3-8,15H,9,19H2,1-2H3. The largest absolute Gasteiger partial charge is 0.486 e. The van der Waals surface area contributed by atoms with Crippen LogP contribution in [0.25, 0.3) is 0 Å². The molecule has 1 unspecified atom stereocenters. The molecule has 0 aliphatic carbocycles. The van der Waals surface area contributed by atoms with Gasteiger partial charge in [0.25, 0.3) is 0 Å². The van der Waals surface area contributed by atoms with Crippen molar-refractivity contribution in [2.24, 2.45) is 5.73 Å². The predicted octanol–water partition coefficient (Wildman–Crippen LogP) is 3.66. The zero-order valence-corrected chi connectivity index (χ0v) is 11.5. The summed E-state index contributed by atoms with van der Waals surface area (Å²) >= 11 is 0. The van der Waals surface area contributed by atoms with Gasteiger partial charge in [0, 0.05) is 0 Å². The summed E-state index contributed by atoms with van der Waals surface area (Å²) in [6, 6.07) is 9.08. The first-order chi connectivity index (χ1) is 9.49. The summed E-state index contributed by atoms with van der Waals surface area (Å²) in [5.41, 5.74) is 9.07. The topological polar surface area (TPSA) is 35.2 Å². The summed E-state index contributed by atoms with van der Waals surface area (Å²) in [6.07, 6.45) is 0. The summed E-state index contributed by atoms with van der Waals surface area (Å²) in [4.78, 5) is 0. The minimum absolute atomic E-state index is 0.0160. The zero-order valence-electron chi connectivity index (χ0n) is 11.5. The van der Waals surface area contributed by atoms with Gasteiger partial charge in [0.05, 0.1) is 6.04 Å². The molecule has 4 heteroatoms. The number of aryl methyl sites for hydroxylation is 2. The van der Waals surface area contributed by atoms with Gasteiger partial charge in [-0.3, -0.25) is 0 Å². The Balaban J connectivity index is 2.13. The third-order valence-electron chi connectivity index (χ3n) is 3.16. The van der Waals surface area contributed by atoms with E-state index in [2.05, 4.69) is 0 Å². The Kier molecular flexibility index (Phi) is 4.35. The zero-order chi connectivity index (χ0) is 14.7. The van der Waals surface area contributed by atoms with Gasteiger partial charge in [-0.05, 0) is 37.1 Å². The van der Waals surface area contributed by atoms with Gasteiger partial charge >= 0.3 is 0 Å². The number of nitrogens with two attached hydrogens (primary N) is 1. The molecule has 1 atom stereocenters. The van der Waals surface area contributed by atoms with Crippen molar-refractivity contribution in [3.05, 3.63) is 64.7 Å². The highest BCUT2D eigenvalue weighted by molar-refractivity contribution is 5.33. The Labute approximate surface area is 117 Å². The number of hydrogen-bond acceptors (Lipinski definition) is 2. The first-order valence-electron chi connectivity index (χ1n) is 6.38. The van der Waals surface area contributed by atoms with Crippen LogP contribution in [0.2, 0.25) is 0 Å². The van der Waals surface area contributed by atoms with E-state index in [1.165, 1.54) is 6.07 Å². The SMILES string of the molecule is Cc1ccc(C)c(C(N)COc2c(F)cccc2F)c1. The lowest BCUT2D eigenvalue weighted by atomic mass is 10.00. The van der Waals surface area contributed by atoms with Crippen molar-refractivity contribution in [1.29, 1.82) is 0 Å². The Hall–Kier alpha value is -1.94. The van der Waals surface area contributed by atoms with Crippen molar-refractivity contribution in [3.8, 4) is 5.75 Å². The molecule has 2 rings (SSSR count). The molecule has 0 saturated carbocycles. The Morgan fingerprint density at radius 2 is 1.75 bits per heavy atom. The van der Waals surface area contributed by atoms with Gasteiger partial charge in [-0.25, -0.2) is 8.78 Å². The van der Waals surface area contributed by atoms with Crippen molar-refractivity contribution < 1.29 is 13.5 Å². The van der Waals surface area contributed by atoms with Crippen molar-refractivity contribution in [2.75, 3.05) is 6.61 Å². The molecule has 0 aromatic heterocycles. The lowest BCUT2D eigenvalue weighted by molar-refractivity contribution is 0.263. The fraction of sp³-hybridized carbons (Fsp3) is 0.250. The molecule has 2 nitrogen and oxygen atoms in total. The van der Waals surface area contributed by atoms with Crippen LogP contribution in [-0.4, -0.2) is 6.61 Å². The van der Waals surface area contributed by atoms with E-state index in [1.54, 1.807) is 0 Å². The van der Waals surface area contributed by atoms with Crippen LogP contribution in [0.5, 0.6) is 5.75 Å². The van der Waals surface area contributed by atoms with Gasteiger partial charge in [-0.1, -0.05) is 29.8 Å². The van der Waals surface area contributed by atoms with E-state index in [9.17, 15) is 8.78 Å². The summed E-state index contributed by atoms with van der Waals surface area (Å²) in [5, 5.41) is 0. The second-order valence-corrected chi connectivity index (χ2v) is 4.83. The second kappa shape index (κ2) is 6.01. The lowest BCUT2D eigenvalue weighted by Gasteiger charge is -2.17.